The van der Waals surface area contributed by atoms with Gasteiger partial charge in [0.2, 0.25) is 0 Å². The van der Waals surface area contributed by atoms with Gasteiger partial charge < -0.3 is 5.32 Å². The van der Waals surface area contributed by atoms with Crippen LogP contribution in [0.2, 0.25) is 0 Å². The molecule has 0 aromatic carbocycles. The third-order valence-corrected chi connectivity index (χ3v) is 3.71. The van der Waals surface area contributed by atoms with E-state index in [9.17, 15) is 0 Å². The summed E-state index contributed by atoms with van der Waals surface area (Å²) >= 11 is 0. The maximum Gasteiger partial charge on any atom is 0.0167 e. The highest BCUT2D eigenvalue weighted by Gasteiger charge is 2.24. The minimum absolute atomic E-state index is 0.667. The zero-order valence-corrected chi connectivity index (χ0v) is 10.2. The summed E-state index contributed by atoms with van der Waals surface area (Å²) in [6.07, 6.45) is 2.63. The fourth-order valence-electron chi connectivity index (χ4n) is 2.60. The monoisotopic (exact) mass is 198 g/mol. The summed E-state index contributed by atoms with van der Waals surface area (Å²) in [4.78, 5) is 2.65. The van der Waals surface area contributed by atoms with Gasteiger partial charge in [-0.15, -0.1) is 0 Å². The second-order valence-electron chi connectivity index (χ2n) is 4.67. The molecule has 0 radical (unpaired) electrons. The highest BCUT2D eigenvalue weighted by Crippen LogP contribution is 2.19. The van der Waals surface area contributed by atoms with Crippen LogP contribution in [0.1, 0.15) is 40.5 Å². The Bertz CT molecular complexity index is 154. The van der Waals surface area contributed by atoms with Crippen molar-refractivity contribution >= 4 is 0 Å². The SMILES string of the molecule is CCC(CC)C(C)N1CCNC(C)C1. The molecule has 1 fully saturated rings. The second-order valence-corrected chi connectivity index (χ2v) is 4.67. The predicted octanol–water partition coefficient (Wildman–Crippen LogP) is 2.10. The van der Waals surface area contributed by atoms with Crippen LogP contribution in [0.25, 0.3) is 0 Å². The molecule has 0 aliphatic carbocycles. The van der Waals surface area contributed by atoms with Gasteiger partial charge >= 0.3 is 0 Å². The van der Waals surface area contributed by atoms with Crippen LogP contribution in [0.15, 0.2) is 0 Å². The molecule has 14 heavy (non-hydrogen) atoms. The number of piperazine rings is 1. The number of rotatable bonds is 4. The van der Waals surface area contributed by atoms with E-state index in [2.05, 4.69) is 37.9 Å². The highest BCUT2D eigenvalue weighted by atomic mass is 15.2. The van der Waals surface area contributed by atoms with Gasteiger partial charge in [-0.3, -0.25) is 4.90 Å². The van der Waals surface area contributed by atoms with Gasteiger partial charge in [0.05, 0.1) is 0 Å². The number of hydrogen-bond donors (Lipinski definition) is 1. The molecule has 1 rings (SSSR count). The van der Waals surface area contributed by atoms with Crippen molar-refractivity contribution in [1.29, 1.82) is 0 Å². The first-order valence-corrected chi connectivity index (χ1v) is 6.16. The maximum atomic E-state index is 3.50. The lowest BCUT2D eigenvalue weighted by atomic mass is 9.93. The van der Waals surface area contributed by atoms with E-state index in [-0.39, 0.29) is 0 Å². The minimum Gasteiger partial charge on any atom is -0.312 e. The standard InChI is InChI=1S/C12H26N2/c1-5-12(6-2)11(4)14-8-7-13-10(3)9-14/h10-13H,5-9H2,1-4H3. The molecule has 0 bridgehead atoms. The molecule has 0 aromatic heterocycles. The molecular formula is C12H26N2. The van der Waals surface area contributed by atoms with Crippen LogP contribution in [0.3, 0.4) is 0 Å². The van der Waals surface area contributed by atoms with Crippen LogP contribution in [0, 0.1) is 5.92 Å². The fraction of sp³-hybridized carbons (Fsp3) is 1.00. The lowest BCUT2D eigenvalue weighted by Gasteiger charge is -2.39. The molecular weight excluding hydrogens is 172 g/mol. The van der Waals surface area contributed by atoms with E-state index in [1.54, 1.807) is 0 Å². The molecule has 0 spiro atoms. The molecule has 0 amide bonds. The van der Waals surface area contributed by atoms with E-state index in [0.717, 1.165) is 18.5 Å². The molecule has 1 saturated heterocycles. The first-order valence-electron chi connectivity index (χ1n) is 6.16. The maximum absolute atomic E-state index is 3.50. The molecule has 2 unspecified atom stereocenters. The Kier molecular flexibility index (Phi) is 4.90. The average Bonchev–Trinajstić information content (AvgIpc) is 2.19. The van der Waals surface area contributed by atoms with Gasteiger partial charge in [-0.1, -0.05) is 26.7 Å². The smallest absolute Gasteiger partial charge is 0.0167 e. The predicted molar refractivity (Wildman–Crippen MR) is 62.6 cm³/mol. The Hall–Kier alpha value is -0.0800. The summed E-state index contributed by atoms with van der Waals surface area (Å²) in [5.74, 6) is 0.875. The van der Waals surface area contributed by atoms with Crippen LogP contribution in [0.4, 0.5) is 0 Å². The summed E-state index contributed by atoms with van der Waals surface area (Å²) in [6, 6.07) is 1.43. The highest BCUT2D eigenvalue weighted by molar-refractivity contribution is 4.81. The molecule has 1 aliphatic rings. The van der Waals surface area contributed by atoms with Crippen LogP contribution in [0.5, 0.6) is 0 Å². The molecule has 2 heteroatoms. The molecule has 1 heterocycles. The van der Waals surface area contributed by atoms with Crippen LogP contribution < -0.4 is 5.32 Å². The Morgan fingerprint density at radius 3 is 2.50 bits per heavy atom. The van der Waals surface area contributed by atoms with Gasteiger partial charge in [0.1, 0.15) is 0 Å². The normalized spacial score (nSPS) is 26.8. The molecule has 1 N–H and O–H groups in total. The van der Waals surface area contributed by atoms with Crippen molar-refractivity contribution in [3.8, 4) is 0 Å². The zero-order valence-electron chi connectivity index (χ0n) is 10.2. The first-order chi connectivity index (χ1) is 6.69. The molecule has 0 aromatic rings. The number of nitrogens with zero attached hydrogens (tertiary/aromatic N) is 1. The molecule has 2 atom stereocenters. The zero-order chi connectivity index (χ0) is 10.6. The minimum atomic E-state index is 0.667. The van der Waals surface area contributed by atoms with Crippen molar-refractivity contribution < 1.29 is 0 Å². The molecule has 1 aliphatic heterocycles. The van der Waals surface area contributed by atoms with E-state index in [1.165, 1.54) is 25.9 Å². The van der Waals surface area contributed by atoms with E-state index in [4.69, 9.17) is 0 Å². The van der Waals surface area contributed by atoms with Gasteiger partial charge in [-0.25, -0.2) is 0 Å². The van der Waals surface area contributed by atoms with Crippen molar-refractivity contribution in [2.24, 2.45) is 5.92 Å². The number of nitrogens with one attached hydrogen (secondary N) is 1. The van der Waals surface area contributed by atoms with Gasteiger partial charge in [-0.05, 0) is 19.8 Å². The Morgan fingerprint density at radius 1 is 1.36 bits per heavy atom. The number of hydrogen-bond acceptors (Lipinski definition) is 2. The fourth-order valence-corrected chi connectivity index (χ4v) is 2.60. The van der Waals surface area contributed by atoms with Gasteiger partial charge in [0.15, 0.2) is 0 Å². The Labute approximate surface area is 89.1 Å². The van der Waals surface area contributed by atoms with E-state index >= 15 is 0 Å². The third kappa shape index (κ3) is 2.96. The summed E-state index contributed by atoms with van der Waals surface area (Å²) in [7, 11) is 0. The molecule has 2 nitrogen and oxygen atoms in total. The average molecular weight is 198 g/mol. The molecule has 84 valence electrons. The van der Waals surface area contributed by atoms with Crippen LogP contribution in [-0.2, 0) is 0 Å². The van der Waals surface area contributed by atoms with Gasteiger partial charge in [0.25, 0.3) is 0 Å². The van der Waals surface area contributed by atoms with Gasteiger partial charge in [-0.2, -0.15) is 0 Å². The van der Waals surface area contributed by atoms with E-state index in [1.807, 2.05) is 0 Å². The van der Waals surface area contributed by atoms with Crippen molar-refractivity contribution in [2.75, 3.05) is 19.6 Å². The van der Waals surface area contributed by atoms with Crippen molar-refractivity contribution in [3.63, 3.8) is 0 Å². The first kappa shape index (κ1) is 12.0. The van der Waals surface area contributed by atoms with Crippen molar-refractivity contribution in [2.45, 2.75) is 52.6 Å². The third-order valence-electron chi connectivity index (χ3n) is 3.71. The summed E-state index contributed by atoms with van der Waals surface area (Å²) < 4.78 is 0. The summed E-state index contributed by atoms with van der Waals surface area (Å²) in [5.41, 5.74) is 0. The van der Waals surface area contributed by atoms with E-state index in [0.29, 0.717) is 6.04 Å². The largest absolute Gasteiger partial charge is 0.312 e. The quantitative estimate of drug-likeness (QED) is 0.744. The Morgan fingerprint density at radius 2 is 2.00 bits per heavy atom. The summed E-state index contributed by atoms with van der Waals surface area (Å²) in [5, 5.41) is 3.50. The Balaban J connectivity index is 2.45. The van der Waals surface area contributed by atoms with Gasteiger partial charge in [0, 0.05) is 31.7 Å². The van der Waals surface area contributed by atoms with Crippen LogP contribution in [-0.4, -0.2) is 36.6 Å². The lowest BCUT2D eigenvalue weighted by molar-refractivity contribution is 0.113. The lowest BCUT2D eigenvalue weighted by Crippen LogP contribution is -2.53. The van der Waals surface area contributed by atoms with Crippen molar-refractivity contribution in [3.05, 3.63) is 0 Å². The second kappa shape index (κ2) is 5.72. The summed E-state index contributed by atoms with van der Waals surface area (Å²) in [6.45, 7) is 12.9. The van der Waals surface area contributed by atoms with Crippen LogP contribution >= 0.6 is 0 Å². The molecule has 0 saturated carbocycles. The van der Waals surface area contributed by atoms with E-state index < -0.39 is 0 Å². The topological polar surface area (TPSA) is 15.3 Å². The van der Waals surface area contributed by atoms with Crippen molar-refractivity contribution in [1.82, 2.24) is 10.2 Å².